The number of unbranched alkanes of at least 4 members (excludes halogenated alkanes) is 2. The normalized spacial score (nSPS) is 14.3. The summed E-state index contributed by atoms with van der Waals surface area (Å²) in [5.74, 6) is -0.333. The third-order valence-electron chi connectivity index (χ3n) is 4.01. The SMILES string of the molecule is CCCCCc1nnc(NC(=O)c2ccc(S(=O)(=O)NC3CC3)cc2)s1. The summed E-state index contributed by atoms with van der Waals surface area (Å²) in [6.45, 7) is 2.14. The highest BCUT2D eigenvalue weighted by Crippen LogP contribution is 2.23. The summed E-state index contributed by atoms with van der Waals surface area (Å²) in [6, 6.07) is 5.93. The molecule has 1 heterocycles. The summed E-state index contributed by atoms with van der Waals surface area (Å²) >= 11 is 1.37. The second-order valence-electron chi connectivity index (χ2n) is 6.33. The van der Waals surface area contributed by atoms with E-state index in [0.29, 0.717) is 10.7 Å². The lowest BCUT2D eigenvalue weighted by molar-refractivity contribution is 0.102. The molecule has 3 rings (SSSR count). The zero-order valence-corrected chi connectivity index (χ0v) is 16.2. The number of hydrogen-bond acceptors (Lipinski definition) is 6. The van der Waals surface area contributed by atoms with Gasteiger partial charge < -0.3 is 0 Å². The highest BCUT2D eigenvalue weighted by molar-refractivity contribution is 7.89. The first-order valence-corrected chi connectivity index (χ1v) is 11.0. The predicted molar refractivity (Wildman–Crippen MR) is 101 cm³/mol. The number of aromatic nitrogens is 2. The third-order valence-corrected chi connectivity index (χ3v) is 6.44. The molecule has 0 bridgehead atoms. The predicted octanol–water partition coefficient (Wildman–Crippen LogP) is 2.96. The fourth-order valence-electron chi connectivity index (χ4n) is 2.37. The molecule has 0 radical (unpaired) electrons. The molecule has 1 saturated carbocycles. The van der Waals surface area contributed by atoms with E-state index in [9.17, 15) is 13.2 Å². The number of nitrogens with one attached hydrogen (secondary N) is 2. The van der Waals surface area contributed by atoms with Crippen LogP contribution in [0, 0.1) is 0 Å². The van der Waals surface area contributed by atoms with Gasteiger partial charge >= 0.3 is 0 Å². The van der Waals surface area contributed by atoms with Gasteiger partial charge in [0, 0.05) is 18.0 Å². The Morgan fingerprint density at radius 2 is 1.92 bits per heavy atom. The molecule has 9 heteroatoms. The van der Waals surface area contributed by atoms with Gasteiger partial charge in [0.25, 0.3) is 5.91 Å². The van der Waals surface area contributed by atoms with Crippen molar-refractivity contribution >= 4 is 32.4 Å². The fraction of sp³-hybridized carbons (Fsp3) is 0.471. The van der Waals surface area contributed by atoms with Crippen molar-refractivity contribution in [3.05, 3.63) is 34.8 Å². The molecule has 0 spiro atoms. The average molecular weight is 395 g/mol. The van der Waals surface area contributed by atoms with Crippen molar-refractivity contribution in [2.24, 2.45) is 0 Å². The highest BCUT2D eigenvalue weighted by Gasteiger charge is 2.28. The first-order chi connectivity index (χ1) is 12.5. The van der Waals surface area contributed by atoms with Crippen LogP contribution in [0.1, 0.15) is 54.4 Å². The third kappa shape index (κ3) is 5.09. The smallest absolute Gasteiger partial charge is 0.257 e. The maximum absolute atomic E-state index is 12.3. The molecule has 0 atom stereocenters. The molecule has 2 N–H and O–H groups in total. The number of hydrogen-bond donors (Lipinski definition) is 2. The van der Waals surface area contributed by atoms with Crippen molar-refractivity contribution < 1.29 is 13.2 Å². The number of aryl methyl sites for hydroxylation is 1. The summed E-state index contributed by atoms with van der Waals surface area (Å²) in [5.41, 5.74) is 0.373. The average Bonchev–Trinajstić information content (AvgIpc) is 3.31. The van der Waals surface area contributed by atoms with E-state index in [1.54, 1.807) is 0 Å². The number of carbonyl (C=O) groups excluding carboxylic acids is 1. The quantitative estimate of drug-likeness (QED) is 0.637. The standard InChI is InChI=1S/C17H22N4O3S2/c1-2-3-4-5-15-19-20-17(25-15)18-16(22)12-6-10-14(11-7-12)26(23,24)21-13-8-9-13/h6-7,10-11,13,21H,2-5,8-9H2,1H3,(H,18,20,22). The molecule has 2 aromatic rings. The number of nitrogens with zero attached hydrogens (tertiary/aromatic N) is 2. The summed E-state index contributed by atoms with van der Waals surface area (Å²) < 4.78 is 26.9. The number of benzene rings is 1. The van der Waals surface area contributed by atoms with Crippen molar-refractivity contribution in [1.29, 1.82) is 0 Å². The Balaban J connectivity index is 1.59. The molecular weight excluding hydrogens is 372 g/mol. The lowest BCUT2D eigenvalue weighted by Gasteiger charge is -2.06. The Morgan fingerprint density at radius 1 is 1.19 bits per heavy atom. The molecule has 0 unspecified atom stereocenters. The van der Waals surface area contributed by atoms with Gasteiger partial charge in [-0.15, -0.1) is 10.2 Å². The van der Waals surface area contributed by atoms with E-state index in [1.807, 2.05) is 0 Å². The number of rotatable bonds is 9. The number of amides is 1. The Bertz CT molecular complexity index is 858. The van der Waals surface area contributed by atoms with Crippen molar-refractivity contribution in [1.82, 2.24) is 14.9 Å². The van der Waals surface area contributed by atoms with Crippen LogP contribution in [-0.4, -0.2) is 30.6 Å². The minimum absolute atomic E-state index is 0.0481. The second kappa shape index (κ2) is 8.24. The monoisotopic (exact) mass is 394 g/mol. The first-order valence-electron chi connectivity index (χ1n) is 8.74. The molecule has 26 heavy (non-hydrogen) atoms. The van der Waals surface area contributed by atoms with E-state index >= 15 is 0 Å². The van der Waals surface area contributed by atoms with E-state index in [1.165, 1.54) is 35.6 Å². The van der Waals surface area contributed by atoms with Crippen LogP contribution < -0.4 is 10.0 Å². The molecule has 140 valence electrons. The van der Waals surface area contributed by atoms with Gasteiger partial charge in [0.1, 0.15) is 5.01 Å². The molecule has 1 aromatic carbocycles. The number of carbonyl (C=O) groups is 1. The maximum atomic E-state index is 12.3. The summed E-state index contributed by atoms with van der Waals surface area (Å²) in [5, 5.41) is 12.1. The molecule has 0 aliphatic heterocycles. The van der Waals surface area contributed by atoms with Crippen LogP contribution in [-0.2, 0) is 16.4 Å². The minimum Gasteiger partial charge on any atom is -0.296 e. The van der Waals surface area contributed by atoms with Gasteiger partial charge in [0.2, 0.25) is 15.2 Å². The molecule has 1 aliphatic carbocycles. The second-order valence-corrected chi connectivity index (χ2v) is 9.11. The van der Waals surface area contributed by atoms with Crippen molar-refractivity contribution in [3.8, 4) is 0 Å². The van der Waals surface area contributed by atoms with Gasteiger partial charge in [0.05, 0.1) is 4.90 Å². The van der Waals surface area contributed by atoms with Crippen molar-refractivity contribution in [2.75, 3.05) is 5.32 Å². The molecule has 1 amide bonds. The van der Waals surface area contributed by atoms with Gasteiger partial charge in [-0.2, -0.15) is 0 Å². The van der Waals surface area contributed by atoms with Crippen molar-refractivity contribution in [2.45, 2.75) is 56.4 Å². The Labute approximate surface area is 157 Å². The molecule has 0 saturated heterocycles. The lowest BCUT2D eigenvalue weighted by atomic mass is 10.2. The van der Waals surface area contributed by atoms with E-state index in [-0.39, 0.29) is 16.8 Å². The topological polar surface area (TPSA) is 101 Å². The Kier molecular flexibility index (Phi) is 6.00. The zero-order chi connectivity index (χ0) is 18.6. The van der Waals surface area contributed by atoms with Gasteiger partial charge in [0.15, 0.2) is 0 Å². The molecular formula is C17H22N4O3S2. The summed E-state index contributed by atoms with van der Waals surface area (Å²) in [4.78, 5) is 12.5. The molecule has 7 nitrogen and oxygen atoms in total. The van der Waals surface area contributed by atoms with E-state index in [0.717, 1.165) is 43.5 Å². The summed E-state index contributed by atoms with van der Waals surface area (Å²) in [6.07, 6.45) is 5.96. The van der Waals surface area contributed by atoms with Crippen molar-refractivity contribution in [3.63, 3.8) is 0 Å². The highest BCUT2D eigenvalue weighted by atomic mass is 32.2. The van der Waals surface area contributed by atoms with Crippen LogP contribution >= 0.6 is 11.3 Å². The first kappa shape index (κ1) is 18.9. The molecule has 1 aromatic heterocycles. The number of sulfonamides is 1. The fourth-order valence-corrected chi connectivity index (χ4v) is 4.46. The van der Waals surface area contributed by atoms with Crippen LogP contribution in [0.5, 0.6) is 0 Å². The Hall–Kier alpha value is -1.84. The van der Waals surface area contributed by atoms with Gasteiger partial charge in [-0.3, -0.25) is 10.1 Å². The Morgan fingerprint density at radius 3 is 2.58 bits per heavy atom. The van der Waals surface area contributed by atoms with Crippen LogP contribution in [0.25, 0.3) is 0 Å². The van der Waals surface area contributed by atoms with E-state index < -0.39 is 10.0 Å². The van der Waals surface area contributed by atoms with Gasteiger partial charge in [-0.05, 0) is 43.5 Å². The van der Waals surface area contributed by atoms with Gasteiger partial charge in [-0.1, -0.05) is 31.1 Å². The van der Waals surface area contributed by atoms with Crippen LogP contribution in [0.15, 0.2) is 29.2 Å². The van der Waals surface area contributed by atoms with Crippen LogP contribution in [0.2, 0.25) is 0 Å². The largest absolute Gasteiger partial charge is 0.296 e. The molecule has 1 fully saturated rings. The van der Waals surface area contributed by atoms with E-state index in [4.69, 9.17) is 0 Å². The summed E-state index contributed by atoms with van der Waals surface area (Å²) in [7, 11) is -3.51. The maximum Gasteiger partial charge on any atom is 0.257 e. The lowest BCUT2D eigenvalue weighted by Crippen LogP contribution is -2.25. The minimum atomic E-state index is -3.51. The number of anilines is 1. The zero-order valence-electron chi connectivity index (χ0n) is 14.6. The molecule has 1 aliphatic rings. The van der Waals surface area contributed by atoms with Gasteiger partial charge in [-0.25, -0.2) is 13.1 Å². The van der Waals surface area contributed by atoms with Crippen LogP contribution in [0.4, 0.5) is 5.13 Å². The van der Waals surface area contributed by atoms with E-state index in [2.05, 4.69) is 27.2 Å². The van der Waals surface area contributed by atoms with Crippen LogP contribution in [0.3, 0.4) is 0 Å².